The lowest BCUT2D eigenvalue weighted by molar-refractivity contribution is -0.167. The molecule has 1 heterocycles. The molecule has 0 unspecified atom stereocenters. The van der Waals surface area contributed by atoms with Gasteiger partial charge in [-0.25, -0.2) is 0 Å². The highest BCUT2D eigenvalue weighted by molar-refractivity contribution is 6.12. The highest BCUT2D eigenvalue weighted by Crippen LogP contribution is 2.42. The Morgan fingerprint density at radius 1 is 1.12 bits per heavy atom. The number of nitrogens with zero attached hydrogens (tertiary/aromatic N) is 1. The smallest absolute Gasteiger partial charge is 0.321 e. The highest BCUT2D eigenvalue weighted by atomic mass is 16.5. The lowest BCUT2D eigenvalue weighted by Crippen LogP contribution is -2.52. The van der Waals surface area contributed by atoms with Crippen molar-refractivity contribution in [3.63, 3.8) is 0 Å². The van der Waals surface area contributed by atoms with Crippen LogP contribution in [0, 0.1) is 5.41 Å². The molecule has 2 rings (SSSR count). The molecule has 1 aliphatic carbocycles. The van der Waals surface area contributed by atoms with E-state index in [1.165, 1.54) is 17.1 Å². The Bertz CT molecular complexity index is 562. The second-order valence-corrected chi connectivity index (χ2v) is 6.90. The van der Waals surface area contributed by atoms with Gasteiger partial charge in [0.05, 0.1) is 6.61 Å². The number of hydrogen-bond donors (Lipinski definition) is 1. The Morgan fingerprint density at radius 3 is 2.38 bits per heavy atom. The fourth-order valence-electron chi connectivity index (χ4n) is 3.10. The van der Waals surface area contributed by atoms with E-state index in [1.54, 1.807) is 0 Å². The average Bonchev–Trinajstić information content (AvgIpc) is 2.88. The number of ether oxygens (including phenoxy) is 1. The standard InChI is InChI=1S/C19H28N2O5/c1-2-3-14-26-18(25)19(10-7-11-19)17(24)20-12-5-4-6-13-21-15(22)8-9-16(21)23/h8-9H,2-7,10-14H2,1H3,(H,20,24). The summed E-state index contributed by atoms with van der Waals surface area (Å²) >= 11 is 0. The summed E-state index contributed by atoms with van der Waals surface area (Å²) in [5.74, 6) is -1.17. The van der Waals surface area contributed by atoms with Crippen molar-refractivity contribution in [1.29, 1.82) is 0 Å². The van der Waals surface area contributed by atoms with Gasteiger partial charge >= 0.3 is 5.97 Å². The highest BCUT2D eigenvalue weighted by Gasteiger charge is 2.52. The first kappa shape index (κ1) is 20.1. The molecule has 0 aromatic carbocycles. The quantitative estimate of drug-likeness (QED) is 0.261. The largest absolute Gasteiger partial charge is 0.465 e. The van der Waals surface area contributed by atoms with Crippen LogP contribution >= 0.6 is 0 Å². The van der Waals surface area contributed by atoms with Crippen molar-refractivity contribution in [2.75, 3.05) is 19.7 Å². The molecule has 1 aliphatic heterocycles. The number of unbranched alkanes of at least 4 members (excludes halogenated alkanes) is 3. The summed E-state index contributed by atoms with van der Waals surface area (Å²) in [7, 11) is 0. The molecule has 0 radical (unpaired) electrons. The molecule has 144 valence electrons. The number of nitrogens with one attached hydrogen (secondary N) is 1. The van der Waals surface area contributed by atoms with Gasteiger partial charge in [-0.2, -0.15) is 0 Å². The molecule has 1 saturated carbocycles. The third kappa shape index (κ3) is 4.71. The predicted octanol–water partition coefficient (Wildman–Crippen LogP) is 1.71. The molecule has 0 aromatic heterocycles. The Balaban J connectivity index is 1.63. The molecule has 26 heavy (non-hydrogen) atoms. The predicted molar refractivity (Wildman–Crippen MR) is 94.9 cm³/mol. The van der Waals surface area contributed by atoms with Crippen molar-refractivity contribution < 1.29 is 23.9 Å². The number of esters is 1. The fourth-order valence-corrected chi connectivity index (χ4v) is 3.10. The zero-order valence-electron chi connectivity index (χ0n) is 15.4. The summed E-state index contributed by atoms with van der Waals surface area (Å²) < 4.78 is 5.26. The van der Waals surface area contributed by atoms with Gasteiger partial charge in [-0.1, -0.05) is 19.8 Å². The zero-order chi connectivity index (χ0) is 19.0. The van der Waals surface area contributed by atoms with Crippen LogP contribution in [0.15, 0.2) is 12.2 Å². The average molecular weight is 364 g/mol. The lowest BCUT2D eigenvalue weighted by Gasteiger charge is -2.37. The van der Waals surface area contributed by atoms with E-state index in [9.17, 15) is 19.2 Å². The van der Waals surface area contributed by atoms with E-state index in [1.807, 2.05) is 6.92 Å². The van der Waals surface area contributed by atoms with E-state index >= 15 is 0 Å². The topological polar surface area (TPSA) is 92.8 Å². The minimum atomic E-state index is -0.992. The van der Waals surface area contributed by atoms with Gasteiger partial charge in [-0.3, -0.25) is 24.1 Å². The van der Waals surface area contributed by atoms with Gasteiger partial charge in [0.25, 0.3) is 11.8 Å². The first-order chi connectivity index (χ1) is 12.5. The van der Waals surface area contributed by atoms with Crippen LogP contribution in [0.1, 0.15) is 58.3 Å². The van der Waals surface area contributed by atoms with E-state index in [0.717, 1.165) is 32.1 Å². The summed E-state index contributed by atoms with van der Waals surface area (Å²) in [5, 5.41) is 2.84. The second kappa shape index (κ2) is 9.50. The first-order valence-electron chi connectivity index (χ1n) is 9.50. The summed E-state index contributed by atoms with van der Waals surface area (Å²) in [6.07, 6.45) is 8.48. The second-order valence-electron chi connectivity index (χ2n) is 6.90. The van der Waals surface area contributed by atoms with Crippen molar-refractivity contribution >= 4 is 23.7 Å². The Labute approximate surface area is 154 Å². The Kier molecular flexibility index (Phi) is 7.36. The van der Waals surface area contributed by atoms with Gasteiger partial charge in [-0.15, -0.1) is 0 Å². The number of hydrogen-bond acceptors (Lipinski definition) is 5. The van der Waals surface area contributed by atoms with Gasteiger partial charge < -0.3 is 10.1 Å². The van der Waals surface area contributed by atoms with Gasteiger partial charge in [0.1, 0.15) is 5.41 Å². The molecular weight excluding hydrogens is 336 g/mol. The summed E-state index contributed by atoms with van der Waals surface area (Å²) in [6, 6.07) is 0. The third-order valence-corrected chi connectivity index (χ3v) is 5.01. The number of carbonyl (C=O) groups is 4. The number of carbonyl (C=O) groups excluding carboxylic acids is 4. The van der Waals surface area contributed by atoms with Crippen LogP contribution in [0.2, 0.25) is 0 Å². The molecule has 0 atom stereocenters. The van der Waals surface area contributed by atoms with Crippen molar-refractivity contribution in [3.8, 4) is 0 Å². The van der Waals surface area contributed by atoms with Crippen LogP contribution in [0.3, 0.4) is 0 Å². The maximum atomic E-state index is 12.4. The molecular formula is C19H28N2O5. The van der Waals surface area contributed by atoms with Crippen molar-refractivity contribution in [2.24, 2.45) is 5.41 Å². The van der Waals surface area contributed by atoms with Gasteiger partial charge in [0.2, 0.25) is 5.91 Å². The van der Waals surface area contributed by atoms with Crippen LogP contribution in [0.5, 0.6) is 0 Å². The van der Waals surface area contributed by atoms with E-state index in [4.69, 9.17) is 4.74 Å². The Morgan fingerprint density at radius 2 is 1.81 bits per heavy atom. The molecule has 3 amide bonds. The molecule has 7 heteroatoms. The molecule has 0 aromatic rings. The van der Waals surface area contributed by atoms with Crippen LogP contribution in [-0.4, -0.2) is 48.3 Å². The minimum Gasteiger partial charge on any atom is -0.465 e. The van der Waals surface area contributed by atoms with E-state index in [-0.39, 0.29) is 17.7 Å². The number of rotatable bonds is 11. The fraction of sp³-hybridized carbons (Fsp3) is 0.684. The van der Waals surface area contributed by atoms with Crippen molar-refractivity contribution in [2.45, 2.75) is 58.3 Å². The van der Waals surface area contributed by atoms with Crippen molar-refractivity contribution in [1.82, 2.24) is 10.2 Å². The maximum absolute atomic E-state index is 12.4. The molecule has 0 saturated heterocycles. The molecule has 0 bridgehead atoms. The van der Waals surface area contributed by atoms with Gasteiger partial charge in [-0.05, 0) is 38.5 Å². The summed E-state index contributed by atoms with van der Waals surface area (Å²) in [4.78, 5) is 48.7. The maximum Gasteiger partial charge on any atom is 0.321 e. The van der Waals surface area contributed by atoms with Crippen LogP contribution in [0.25, 0.3) is 0 Å². The monoisotopic (exact) mass is 364 g/mol. The minimum absolute atomic E-state index is 0.237. The van der Waals surface area contributed by atoms with E-state index in [2.05, 4.69) is 5.32 Å². The van der Waals surface area contributed by atoms with Crippen LogP contribution in [0.4, 0.5) is 0 Å². The summed E-state index contributed by atoms with van der Waals surface area (Å²) in [5.41, 5.74) is -0.992. The van der Waals surface area contributed by atoms with Crippen LogP contribution in [-0.2, 0) is 23.9 Å². The third-order valence-electron chi connectivity index (χ3n) is 5.01. The molecule has 7 nitrogen and oxygen atoms in total. The van der Waals surface area contributed by atoms with Gasteiger partial charge in [0, 0.05) is 25.2 Å². The van der Waals surface area contributed by atoms with Crippen LogP contribution < -0.4 is 5.32 Å². The zero-order valence-corrected chi connectivity index (χ0v) is 15.4. The molecule has 1 fully saturated rings. The Hall–Kier alpha value is -2.18. The van der Waals surface area contributed by atoms with Crippen molar-refractivity contribution in [3.05, 3.63) is 12.2 Å². The van der Waals surface area contributed by atoms with Gasteiger partial charge in [0.15, 0.2) is 0 Å². The lowest BCUT2D eigenvalue weighted by atomic mass is 9.68. The normalized spacial score (nSPS) is 18.0. The van der Waals surface area contributed by atoms with E-state index < -0.39 is 11.4 Å². The molecule has 0 spiro atoms. The molecule has 1 N–H and O–H groups in total. The number of imide groups is 1. The first-order valence-corrected chi connectivity index (χ1v) is 9.50. The summed E-state index contributed by atoms with van der Waals surface area (Å²) in [6.45, 7) is 3.26. The number of amides is 3. The van der Waals surface area contributed by atoms with E-state index in [0.29, 0.717) is 39.0 Å². The molecule has 2 aliphatic rings. The SMILES string of the molecule is CCCCOC(=O)C1(C(=O)NCCCCCN2C(=O)C=CC2=O)CCC1.